The summed E-state index contributed by atoms with van der Waals surface area (Å²) in [6.45, 7) is 0.969. The van der Waals surface area contributed by atoms with Crippen molar-refractivity contribution in [3.63, 3.8) is 0 Å². The molecule has 5 heteroatoms. The maximum Gasteiger partial charge on any atom is 0.132 e. The van der Waals surface area contributed by atoms with Gasteiger partial charge in [0.2, 0.25) is 0 Å². The molecular formula is C21H16N4O. The molecule has 3 aromatic carbocycles. The Morgan fingerprint density at radius 3 is 2.62 bits per heavy atom. The molecule has 0 saturated carbocycles. The van der Waals surface area contributed by atoms with Gasteiger partial charge in [0, 0.05) is 5.39 Å². The van der Waals surface area contributed by atoms with Crippen LogP contribution in [0.25, 0.3) is 10.8 Å². The zero-order valence-corrected chi connectivity index (χ0v) is 14.0. The zero-order chi connectivity index (χ0) is 17.8. The first-order valence-corrected chi connectivity index (χ1v) is 8.30. The van der Waals surface area contributed by atoms with Crippen molar-refractivity contribution in [2.24, 2.45) is 0 Å². The molecule has 0 aliphatic carbocycles. The largest absolute Gasteiger partial charge is 0.487 e. The summed E-state index contributed by atoms with van der Waals surface area (Å²) in [6, 6.07) is 23.8. The monoisotopic (exact) mass is 340 g/mol. The van der Waals surface area contributed by atoms with Crippen LogP contribution in [-0.4, -0.2) is 15.0 Å². The molecule has 0 radical (unpaired) electrons. The van der Waals surface area contributed by atoms with Crippen LogP contribution in [0.5, 0.6) is 5.75 Å². The highest BCUT2D eigenvalue weighted by atomic mass is 16.5. The van der Waals surface area contributed by atoms with Gasteiger partial charge in [0.05, 0.1) is 30.1 Å². The van der Waals surface area contributed by atoms with Crippen LogP contribution < -0.4 is 4.74 Å². The molecule has 4 rings (SSSR count). The van der Waals surface area contributed by atoms with Crippen molar-refractivity contribution >= 4 is 10.8 Å². The summed E-state index contributed by atoms with van der Waals surface area (Å²) in [4.78, 5) is 0. The number of hydrogen-bond donors (Lipinski definition) is 0. The van der Waals surface area contributed by atoms with Crippen molar-refractivity contribution in [2.45, 2.75) is 13.2 Å². The lowest BCUT2D eigenvalue weighted by molar-refractivity contribution is 0.296. The van der Waals surface area contributed by atoms with Crippen molar-refractivity contribution in [1.82, 2.24) is 15.0 Å². The van der Waals surface area contributed by atoms with E-state index in [1.165, 1.54) is 0 Å². The molecule has 0 aliphatic heterocycles. The maximum absolute atomic E-state index is 8.89. The number of rotatable bonds is 5. The summed E-state index contributed by atoms with van der Waals surface area (Å²) in [6.07, 6.45) is 1.72. The first-order valence-electron chi connectivity index (χ1n) is 8.30. The summed E-state index contributed by atoms with van der Waals surface area (Å²) < 4.78 is 7.85. The summed E-state index contributed by atoms with van der Waals surface area (Å²) in [5.74, 6) is 0.842. The molecule has 0 fully saturated rings. The van der Waals surface area contributed by atoms with Gasteiger partial charge in [0.15, 0.2) is 0 Å². The quantitative estimate of drug-likeness (QED) is 0.552. The van der Waals surface area contributed by atoms with Crippen molar-refractivity contribution in [1.29, 1.82) is 5.26 Å². The highest BCUT2D eigenvalue weighted by Crippen LogP contribution is 2.25. The van der Waals surface area contributed by atoms with E-state index < -0.39 is 0 Å². The molecule has 5 nitrogen and oxygen atoms in total. The van der Waals surface area contributed by atoms with Crippen molar-refractivity contribution in [3.8, 4) is 11.8 Å². The molecule has 0 saturated heterocycles. The smallest absolute Gasteiger partial charge is 0.132 e. The number of nitrogens with zero attached hydrogens (tertiary/aromatic N) is 4. The third kappa shape index (κ3) is 3.26. The molecular weight excluding hydrogens is 324 g/mol. The summed E-state index contributed by atoms with van der Waals surface area (Å²) in [5, 5.41) is 19.3. The van der Waals surface area contributed by atoms with Crippen LogP contribution in [0.15, 0.2) is 72.9 Å². The van der Waals surface area contributed by atoms with Crippen molar-refractivity contribution in [3.05, 3.63) is 89.7 Å². The van der Waals surface area contributed by atoms with Crippen LogP contribution in [-0.2, 0) is 13.2 Å². The summed E-state index contributed by atoms with van der Waals surface area (Å²) in [5.41, 5.74) is 2.59. The van der Waals surface area contributed by atoms with E-state index in [2.05, 4.69) is 34.6 Å². The second kappa shape index (κ2) is 7.08. The van der Waals surface area contributed by atoms with E-state index >= 15 is 0 Å². The van der Waals surface area contributed by atoms with Gasteiger partial charge in [0.1, 0.15) is 12.4 Å². The summed E-state index contributed by atoms with van der Waals surface area (Å²) >= 11 is 0. The predicted molar refractivity (Wildman–Crippen MR) is 98.6 cm³/mol. The van der Waals surface area contributed by atoms with E-state index in [0.717, 1.165) is 27.8 Å². The molecule has 126 valence electrons. The summed E-state index contributed by atoms with van der Waals surface area (Å²) in [7, 11) is 0. The Kier molecular flexibility index (Phi) is 4.31. The van der Waals surface area contributed by atoms with Crippen LogP contribution in [0.1, 0.15) is 16.8 Å². The second-order valence-electron chi connectivity index (χ2n) is 5.96. The Hall–Kier alpha value is -3.65. The topological polar surface area (TPSA) is 63.7 Å². The third-order valence-corrected chi connectivity index (χ3v) is 4.24. The van der Waals surface area contributed by atoms with Gasteiger partial charge in [0.25, 0.3) is 0 Å². The van der Waals surface area contributed by atoms with E-state index in [4.69, 9.17) is 10.00 Å². The average molecular weight is 340 g/mol. The number of ether oxygens (including phenoxy) is 1. The normalized spacial score (nSPS) is 10.6. The molecule has 26 heavy (non-hydrogen) atoms. The Balaban J connectivity index is 1.51. The van der Waals surface area contributed by atoms with E-state index in [9.17, 15) is 0 Å². The standard InChI is InChI=1S/C21H16N4O/c22-12-16-8-10-17(11-9-16)14-25-19(13-23-24-25)15-26-21-7-3-5-18-4-1-2-6-20(18)21/h1-11,13H,14-15H2. The number of nitriles is 1. The first kappa shape index (κ1) is 15.9. The highest BCUT2D eigenvalue weighted by molar-refractivity contribution is 5.88. The van der Waals surface area contributed by atoms with Gasteiger partial charge in [-0.3, -0.25) is 0 Å². The van der Waals surface area contributed by atoms with Crippen molar-refractivity contribution < 1.29 is 4.74 Å². The molecule has 0 spiro atoms. The maximum atomic E-state index is 8.89. The number of hydrogen-bond acceptors (Lipinski definition) is 4. The predicted octanol–water partition coefficient (Wildman–Crippen LogP) is 3.93. The Labute approximate surface area is 151 Å². The van der Waals surface area contributed by atoms with Gasteiger partial charge < -0.3 is 4.74 Å². The Morgan fingerprint density at radius 1 is 0.962 bits per heavy atom. The zero-order valence-electron chi connectivity index (χ0n) is 14.0. The lowest BCUT2D eigenvalue weighted by atomic mass is 10.1. The van der Waals surface area contributed by atoms with Gasteiger partial charge in [-0.1, -0.05) is 53.7 Å². The fraction of sp³-hybridized carbons (Fsp3) is 0.0952. The fourth-order valence-electron chi connectivity index (χ4n) is 2.85. The van der Waals surface area contributed by atoms with Gasteiger partial charge in [-0.15, -0.1) is 5.10 Å². The number of benzene rings is 3. The van der Waals surface area contributed by atoms with Crippen molar-refractivity contribution in [2.75, 3.05) is 0 Å². The molecule has 0 unspecified atom stereocenters. The van der Waals surface area contributed by atoms with E-state index in [1.54, 1.807) is 18.3 Å². The van der Waals surface area contributed by atoms with Crippen LogP contribution in [0, 0.1) is 11.3 Å². The molecule has 0 atom stereocenters. The molecule has 0 bridgehead atoms. The van der Waals surface area contributed by atoms with E-state index in [-0.39, 0.29) is 0 Å². The molecule has 4 aromatic rings. The average Bonchev–Trinajstić information content (AvgIpc) is 3.14. The molecule has 0 N–H and O–H groups in total. The third-order valence-electron chi connectivity index (χ3n) is 4.24. The lowest BCUT2D eigenvalue weighted by Gasteiger charge is -2.10. The van der Waals surface area contributed by atoms with Crippen LogP contribution in [0.2, 0.25) is 0 Å². The van der Waals surface area contributed by atoms with Gasteiger partial charge in [-0.25, -0.2) is 4.68 Å². The van der Waals surface area contributed by atoms with Gasteiger partial charge in [-0.05, 0) is 29.1 Å². The minimum absolute atomic E-state index is 0.386. The SMILES string of the molecule is N#Cc1ccc(Cn2nncc2COc2cccc3ccccc23)cc1. The molecule has 0 amide bonds. The van der Waals surface area contributed by atoms with Gasteiger partial charge >= 0.3 is 0 Å². The second-order valence-corrected chi connectivity index (χ2v) is 5.96. The Morgan fingerprint density at radius 2 is 1.77 bits per heavy atom. The molecule has 1 aromatic heterocycles. The lowest BCUT2D eigenvalue weighted by Crippen LogP contribution is -2.09. The number of aromatic nitrogens is 3. The van der Waals surface area contributed by atoms with Crippen LogP contribution in [0.3, 0.4) is 0 Å². The fourth-order valence-corrected chi connectivity index (χ4v) is 2.85. The van der Waals surface area contributed by atoms with E-state index in [1.807, 2.05) is 41.1 Å². The van der Waals surface area contributed by atoms with Crippen LogP contribution in [0.4, 0.5) is 0 Å². The van der Waals surface area contributed by atoms with E-state index in [0.29, 0.717) is 18.7 Å². The first-order chi connectivity index (χ1) is 12.8. The number of fused-ring (bicyclic) bond motifs is 1. The molecule has 1 heterocycles. The minimum Gasteiger partial charge on any atom is -0.487 e. The van der Waals surface area contributed by atoms with Crippen LogP contribution >= 0.6 is 0 Å². The minimum atomic E-state index is 0.386. The van der Waals surface area contributed by atoms with Gasteiger partial charge in [-0.2, -0.15) is 5.26 Å². The highest BCUT2D eigenvalue weighted by Gasteiger charge is 2.08. The Bertz CT molecular complexity index is 1070. The molecule has 0 aliphatic rings.